The summed E-state index contributed by atoms with van der Waals surface area (Å²) in [7, 11) is 4.74. The molecule has 0 aliphatic carbocycles. The number of ether oxygens (including phenoxy) is 4. The fraction of sp³-hybridized carbons (Fsp3) is 0.211. The zero-order valence-corrected chi connectivity index (χ0v) is 13.8. The monoisotopic (exact) mass is 323 g/mol. The van der Waals surface area contributed by atoms with Gasteiger partial charge in [-0.05, 0) is 47.5 Å². The van der Waals surface area contributed by atoms with Gasteiger partial charge in [-0.25, -0.2) is 0 Å². The number of fused-ring (bicyclic) bond motifs is 1. The van der Waals surface area contributed by atoms with Crippen molar-refractivity contribution in [3.05, 3.63) is 53.1 Å². The van der Waals surface area contributed by atoms with Crippen molar-refractivity contribution >= 4 is 5.57 Å². The minimum absolute atomic E-state index is 0.463. The van der Waals surface area contributed by atoms with Crippen molar-refractivity contribution in [3.8, 4) is 29.1 Å². The van der Waals surface area contributed by atoms with Crippen molar-refractivity contribution in [2.24, 2.45) is 0 Å². The third kappa shape index (κ3) is 2.63. The van der Waals surface area contributed by atoms with Gasteiger partial charge in [-0.2, -0.15) is 5.26 Å². The molecule has 1 heterocycles. The average Bonchev–Trinajstić information content (AvgIpc) is 2.65. The van der Waals surface area contributed by atoms with E-state index in [4.69, 9.17) is 24.2 Å². The van der Waals surface area contributed by atoms with Gasteiger partial charge < -0.3 is 18.9 Å². The Bertz CT molecular complexity index is 824. The van der Waals surface area contributed by atoms with E-state index in [0.29, 0.717) is 29.4 Å². The number of rotatable bonds is 4. The molecule has 2 aromatic rings. The molecule has 0 amide bonds. The lowest BCUT2D eigenvalue weighted by molar-refractivity contribution is 0.324. The second-order valence-corrected chi connectivity index (χ2v) is 5.17. The molecule has 0 spiro atoms. The van der Waals surface area contributed by atoms with Crippen LogP contribution in [0.15, 0.2) is 36.4 Å². The highest BCUT2D eigenvalue weighted by Crippen LogP contribution is 2.43. The molecule has 0 radical (unpaired) electrons. The maximum absolute atomic E-state index is 9.16. The molecular formula is C19H17NO4. The quantitative estimate of drug-likeness (QED) is 0.863. The van der Waals surface area contributed by atoms with Gasteiger partial charge in [-0.1, -0.05) is 0 Å². The van der Waals surface area contributed by atoms with Crippen LogP contribution in [0, 0.1) is 11.3 Å². The Balaban J connectivity index is 2.17. The molecule has 3 rings (SSSR count). The van der Waals surface area contributed by atoms with Gasteiger partial charge in [0.05, 0.1) is 33.0 Å². The first-order chi connectivity index (χ1) is 11.7. The molecule has 2 aromatic carbocycles. The van der Waals surface area contributed by atoms with Crippen LogP contribution >= 0.6 is 0 Å². The number of hydrogen-bond donors (Lipinski definition) is 0. The van der Waals surface area contributed by atoms with E-state index < -0.39 is 0 Å². The molecule has 1 aliphatic rings. The third-order valence-corrected chi connectivity index (χ3v) is 3.90. The Labute approximate surface area is 140 Å². The normalized spacial score (nSPS) is 12.3. The zero-order valence-electron chi connectivity index (χ0n) is 13.8. The van der Waals surface area contributed by atoms with Gasteiger partial charge in [0.1, 0.15) is 12.4 Å². The molecule has 0 atom stereocenters. The SMILES string of the molecule is COc1cc(C2=CCOc3ccc(C#N)cc32)cc(OC)c1OC. The topological polar surface area (TPSA) is 60.7 Å². The van der Waals surface area contributed by atoms with Gasteiger partial charge in [-0.15, -0.1) is 0 Å². The van der Waals surface area contributed by atoms with Crippen molar-refractivity contribution in [2.45, 2.75) is 0 Å². The molecule has 0 fully saturated rings. The molecule has 0 saturated carbocycles. The van der Waals surface area contributed by atoms with Gasteiger partial charge in [0.25, 0.3) is 0 Å². The first-order valence-electron chi connectivity index (χ1n) is 7.39. The first kappa shape index (κ1) is 15.8. The standard InChI is InChI=1S/C19H17NO4/c1-21-17-9-13(10-18(22-2)19(17)23-3)14-6-7-24-16-5-4-12(11-20)8-15(14)16/h4-6,8-10H,7H2,1-3H3. The predicted molar refractivity (Wildman–Crippen MR) is 89.8 cm³/mol. The first-order valence-corrected chi connectivity index (χ1v) is 7.39. The summed E-state index contributed by atoms with van der Waals surface area (Å²) in [6.07, 6.45) is 1.98. The second kappa shape index (κ2) is 6.55. The maximum atomic E-state index is 9.16. The molecule has 0 N–H and O–H groups in total. The minimum Gasteiger partial charge on any atom is -0.493 e. The van der Waals surface area contributed by atoms with Crippen molar-refractivity contribution in [1.82, 2.24) is 0 Å². The van der Waals surface area contributed by atoms with Gasteiger partial charge in [0.2, 0.25) is 5.75 Å². The van der Waals surface area contributed by atoms with Crippen molar-refractivity contribution < 1.29 is 18.9 Å². The number of methoxy groups -OCH3 is 3. The lowest BCUT2D eigenvalue weighted by Gasteiger charge is -2.21. The van der Waals surface area contributed by atoms with Crippen LogP contribution in [0.2, 0.25) is 0 Å². The minimum atomic E-state index is 0.463. The van der Waals surface area contributed by atoms with Crippen molar-refractivity contribution in [3.63, 3.8) is 0 Å². The average molecular weight is 323 g/mol. The van der Waals surface area contributed by atoms with Crippen LogP contribution < -0.4 is 18.9 Å². The second-order valence-electron chi connectivity index (χ2n) is 5.17. The van der Waals surface area contributed by atoms with Crippen LogP contribution in [-0.4, -0.2) is 27.9 Å². The highest BCUT2D eigenvalue weighted by atomic mass is 16.5. The van der Waals surface area contributed by atoms with E-state index in [9.17, 15) is 0 Å². The lowest BCUT2D eigenvalue weighted by atomic mass is 9.93. The molecule has 0 aromatic heterocycles. The summed E-state index contributed by atoms with van der Waals surface area (Å²) in [5, 5.41) is 9.16. The molecule has 0 saturated heterocycles. The lowest BCUT2D eigenvalue weighted by Crippen LogP contribution is -2.06. The summed E-state index contributed by atoms with van der Waals surface area (Å²) < 4.78 is 21.9. The van der Waals surface area contributed by atoms with Crippen molar-refractivity contribution in [1.29, 1.82) is 5.26 Å². The van der Waals surface area contributed by atoms with Gasteiger partial charge >= 0.3 is 0 Å². The maximum Gasteiger partial charge on any atom is 0.203 e. The molecule has 1 aliphatic heterocycles. The van der Waals surface area contributed by atoms with E-state index in [1.807, 2.05) is 30.3 Å². The predicted octanol–water partition coefficient (Wildman–Crippen LogP) is 3.41. The zero-order chi connectivity index (χ0) is 17.1. The Morgan fingerprint density at radius 1 is 1.00 bits per heavy atom. The summed E-state index contributed by atoms with van der Waals surface area (Å²) in [4.78, 5) is 0. The van der Waals surface area contributed by atoms with Crippen LogP contribution in [0.3, 0.4) is 0 Å². The number of hydrogen-bond acceptors (Lipinski definition) is 5. The van der Waals surface area contributed by atoms with Crippen molar-refractivity contribution in [2.75, 3.05) is 27.9 Å². The van der Waals surface area contributed by atoms with Crippen LogP contribution in [0.25, 0.3) is 5.57 Å². The summed E-state index contributed by atoms with van der Waals surface area (Å²) in [6.45, 7) is 0.463. The summed E-state index contributed by atoms with van der Waals surface area (Å²) >= 11 is 0. The molecule has 5 nitrogen and oxygen atoms in total. The summed E-state index contributed by atoms with van der Waals surface area (Å²) in [5.74, 6) is 2.46. The molecule has 122 valence electrons. The van der Waals surface area contributed by atoms with E-state index in [2.05, 4.69) is 6.07 Å². The van der Waals surface area contributed by atoms with E-state index in [-0.39, 0.29) is 0 Å². The Morgan fingerprint density at radius 3 is 2.29 bits per heavy atom. The van der Waals surface area contributed by atoms with Gasteiger partial charge in [0, 0.05) is 5.56 Å². The Hall–Kier alpha value is -3.13. The third-order valence-electron chi connectivity index (χ3n) is 3.90. The highest BCUT2D eigenvalue weighted by molar-refractivity contribution is 5.86. The highest BCUT2D eigenvalue weighted by Gasteiger charge is 2.20. The molecule has 0 unspecified atom stereocenters. The van der Waals surface area contributed by atoms with Gasteiger partial charge in [-0.3, -0.25) is 0 Å². The number of nitriles is 1. The van der Waals surface area contributed by atoms with Crippen LogP contribution in [-0.2, 0) is 0 Å². The van der Waals surface area contributed by atoms with Crippen LogP contribution in [0.4, 0.5) is 0 Å². The van der Waals surface area contributed by atoms with Crippen LogP contribution in [0.5, 0.6) is 23.0 Å². The van der Waals surface area contributed by atoms with Gasteiger partial charge in [0.15, 0.2) is 11.5 Å². The number of benzene rings is 2. The summed E-state index contributed by atoms with van der Waals surface area (Å²) in [6, 6.07) is 11.3. The molecule has 24 heavy (non-hydrogen) atoms. The molecule has 0 bridgehead atoms. The Morgan fingerprint density at radius 2 is 1.71 bits per heavy atom. The Kier molecular flexibility index (Phi) is 4.30. The summed E-state index contributed by atoms with van der Waals surface area (Å²) in [5.41, 5.74) is 3.32. The fourth-order valence-electron chi connectivity index (χ4n) is 2.77. The molecule has 5 heteroatoms. The van der Waals surface area contributed by atoms with E-state index in [0.717, 1.165) is 22.4 Å². The largest absolute Gasteiger partial charge is 0.493 e. The fourth-order valence-corrected chi connectivity index (χ4v) is 2.77. The van der Waals surface area contributed by atoms with E-state index in [1.54, 1.807) is 27.4 Å². The van der Waals surface area contributed by atoms with E-state index >= 15 is 0 Å². The number of nitrogens with zero attached hydrogens (tertiary/aromatic N) is 1. The van der Waals surface area contributed by atoms with Crippen LogP contribution in [0.1, 0.15) is 16.7 Å². The molecular weight excluding hydrogens is 306 g/mol. The smallest absolute Gasteiger partial charge is 0.203 e. The van der Waals surface area contributed by atoms with E-state index in [1.165, 1.54) is 0 Å².